The van der Waals surface area contributed by atoms with Gasteiger partial charge < -0.3 is 15.1 Å². The zero-order valence-electron chi connectivity index (χ0n) is 20.1. The number of benzene rings is 3. The largest absolute Gasteiger partial charge is 0.334 e. The molecular formula is C28H25ClFN5O2. The summed E-state index contributed by atoms with van der Waals surface area (Å²) in [5.41, 5.74) is 3.50. The van der Waals surface area contributed by atoms with E-state index < -0.39 is 0 Å². The van der Waals surface area contributed by atoms with E-state index in [0.29, 0.717) is 17.1 Å². The summed E-state index contributed by atoms with van der Waals surface area (Å²) < 4.78 is 14.9. The summed E-state index contributed by atoms with van der Waals surface area (Å²) in [5, 5.41) is 7.44. The van der Waals surface area contributed by atoms with Crippen molar-refractivity contribution in [1.82, 2.24) is 20.0 Å². The number of hydrogen-bond acceptors (Lipinski definition) is 3. The van der Waals surface area contributed by atoms with E-state index in [0.717, 1.165) is 22.5 Å². The molecule has 0 saturated carbocycles. The van der Waals surface area contributed by atoms with E-state index in [2.05, 4.69) is 10.4 Å². The molecule has 1 aliphatic rings. The Morgan fingerprint density at radius 2 is 1.86 bits per heavy atom. The molecule has 1 atom stereocenters. The van der Waals surface area contributed by atoms with E-state index in [1.807, 2.05) is 37.3 Å². The Morgan fingerprint density at radius 1 is 1.08 bits per heavy atom. The molecule has 0 unspecified atom stereocenters. The minimum atomic E-state index is -0.325. The molecule has 1 aromatic heterocycles. The first-order valence-corrected chi connectivity index (χ1v) is 12.3. The van der Waals surface area contributed by atoms with Gasteiger partial charge in [-0.1, -0.05) is 41.9 Å². The number of urea groups is 1. The summed E-state index contributed by atoms with van der Waals surface area (Å²) in [6.07, 6.45) is 3.47. The van der Waals surface area contributed by atoms with E-state index >= 15 is 0 Å². The number of nitrogens with one attached hydrogen (secondary N) is 1. The summed E-state index contributed by atoms with van der Waals surface area (Å²) >= 11 is 6.57. The van der Waals surface area contributed by atoms with Crippen molar-refractivity contribution in [2.24, 2.45) is 0 Å². The van der Waals surface area contributed by atoms with Crippen LogP contribution in [-0.4, -0.2) is 39.2 Å². The third kappa shape index (κ3) is 5.20. The number of rotatable bonds is 4. The number of fused-ring (bicyclic) bond motifs is 1. The van der Waals surface area contributed by atoms with Crippen molar-refractivity contribution in [3.8, 4) is 5.69 Å². The molecule has 188 valence electrons. The number of anilines is 1. The highest BCUT2D eigenvalue weighted by molar-refractivity contribution is 6.34. The highest BCUT2D eigenvalue weighted by Gasteiger charge is 2.32. The van der Waals surface area contributed by atoms with Gasteiger partial charge in [-0.25, -0.2) is 13.9 Å². The fourth-order valence-corrected chi connectivity index (χ4v) is 4.70. The van der Waals surface area contributed by atoms with Crippen molar-refractivity contribution < 1.29 is 14.0 Å². The van der Waals surface area contributed by atoms with Crippen molar-refractivity contribution in [2.75, 3.05) is 11.4 Å². The first-order chi connectivity index (χ1) is 17.9. The summed E-state index contributed by atoms with van der Waals surface area (Å²) in [6, 6.07) is 20.0. The lowest BCUT2D eigenvalue weighted by Crippen LogP contribution is -2.48. The Kier molecular flexibility index (Phi) is 6.92. The third-order valence-electron chi connectivity index (χ3n) is 6.42. The SMILES string of the molecule is C[C@@H]1CN(C(=O)c2ccc(-n3cccn3)cc2Cl)c2ccccc2CN1C(=O)NCc1ccc(F)cc1. The summed E-state index contributed by atoms with van der Waals surface area (Å²) in [4.78, 5) is 30.3. The van der Waals surface area contributed by atoms with Gasteiger partial charge in [0.05, 0.1) is 16.3 Å². The maximum absolute atomic E-state index is 13.8. The van der Waals surface area contributed by atoms with Gasteiger partial charge in [-0.15, -0.1) is 0 Å². The lowest BCUT2D eigenvalue weighted by molar-refractivity contribution is 0.0980. The molecule has 0 spiro atoms. The van der Waals surface area contributed by atoms with Crippen molar-refractivity contribution in [1.29, 1.82) is 0 Å². The Hall–Kier alpha value is -4.17. The Balaban J connectivity index is 1.38. The van der Waals surface area contributed by atoms with E-state index in [1.165, 1.54) is 12.1 Å². The van der Waals surface area contributed by atoms with Gasteiger partial charge in [0.25, 0.3) is 5.91 Å². The minimum Gasteiger partial charge on any atom is -0.334 e. The first-order valence-electron chi connectivity index (χ1n) is 11.9. The summed E-state index contributed by atoms with van der Waals surface area (Å²) in [7, 11) is 0. The number of para-hydroxylation sites is 1. The molecule has 1 N–H and O–H groups in total. The van der Waals surface area contributed by atoms with Gasteiger partial charge in [0.2, 0.25) is 0 Å². The van der Waals surface area contributed by atoms with Crippen molar-refractivity contribution in [3.05, 3.63) is 113 Å². The molecule has 5 rings (SSSR count). The van der Waals surface area contributed by atoms with Gasteiger partial charge in [-0.3, -0.25) is 4.79 Å². The lowest BCUT2D eigenvalue weighted by Gasteiger charge is -2.29. The van der Waals surface area contributed by atoms with Crippen LogP contribution in [0.5, 0.6) is 0 Å². The van der Waals surface area contributed by atoms with E-state index in [4.69, 9.17) is 11.6 Å². The predicted octanol–water partition coefficient (Wildman–Crippen LogP) is 5.43. The van der Waals surface area contributed by atoms with Crippen LogP contribution < -0.4 is 10.2 Å². The molecular weight excluding hydrogens is 493 g/mol. The zero-order chi connectivity index (χ0) is 25.9. The highest BCUT2D eigenvalue weighted by Crippen LogP contribution is 2.30. The van der Waals surface area contributed by atoms with Crippen LogP contribution in [0.15, 0.2) is 85.2 Å². The predicted molar refractivity (Wildman–Crippen MR) is 140 cm³/mol. The van der Waals surface area contributed by atoms with Crippen molar-refractivity contribution in [3.63, 3.8) is 0 Å². The Morgan fingerprint density at radius 3 is 2.59 bits per heavy atom. The average Bonchev–Trinajstić information content (AvgIpc) is 3.40. The molecule has 0 aliphatic carbocycles. The third-order valence-corrected chi connectivity index (χ3v) is 6.73. The second-order valence-electron chi connectivity index (χ2n) is 8.92. The second kappa shape index (κ2) is 10.4. The quantitative estimate of drug-likeness (QED) is 0.392. The van der Waals surface area contributed by atoms with Gasteiger partial charge in [-0.2, -0.15) is 5.10 Å². The van der Waals surface area contributed by atoms with Crippen LogP contribution in [0.4, 0.5) is 14.9 Å². The maximum Gasteiger partial charge on any atom is 0.318 e. The maximum atomic E-state index is 13.8. The van der Waals surface area contributed by atoms with Crippen LogP contribution in [-0.2, 0) is 13.1 Å². The molecule has 0 radical (unpaired) electrons. The van der Waals surface area contributed by atoms with E-state index in [-0.39, 0.29) is 36.9 Å². The molecule has 2 heterocycles. The second-order valence-corrected chi connectivity index (χ2v) is 9.33. The number of carbonyl (C=O) groups excluding carboxylic acids is 2. The number of aromatic nitrogens is 2. The molecule has 3 amide bonds. The van der Waals surface area contributed by atoms with Crippen molar-refractivity contribution in [2.45, 2.75) is 26.1 Å². The Labute approximate surface area is 219 Å². The highest BCUT2D eigenvalue weighted by atomic mass is 35.5. The van der Waals surface area contributed by atoms with Crippen LogP contribution in [0.3, 0.4) is 0 Å². The number of hydrogen-bond donors (Lipinski definition) is 1. The van der Waals surface area contributed by atoms with Crippen LogP contribution in [0.2, 0.25) is 5.02 Å². The van der Waals surface area contributed by atoms with E-state index in [1.54, 1.807) is 57.2 Å². The smallest absolute Gasteiger partial charge is 0.318 e. The number of nitrogens with zero attached hydrogens (tertiary/aromatic N) is 4. The molecule has 7 nitrogen and oxygen atoms in total. The topological polar surface area (TPSA) is 70.5 Å². The standard InChI is InChI=1S/C28H25ClFN5O2/c1-19-17-34(27(36)24-12-11-23(15-25(24)29)35-14-4-13-32-35)26-6-3-2-5-21(26)18-33(19)28(37)31-16-20-7-9-22(30)10-8-20/h2-15,19H,16-18H2,1H3,(H,31,37)/t19-/m1/s1. The molecule has 1 aliphatic heterocycles. The van der Waals surface area contributed by atoms with Gasteiger partial charge in [-0.05, 0) is 60.5 Å². The minimum absolute atomic E-state index is 0.245. The van der Waals surface area contributed by atoms with Crippen LogP contribution in [0.1, 0.15) is 28.4 Å². The van der Waals surface area contributed by atoms with Crippen LogP contribution in [0, 0.1) is 5.82 Å². The zero-order valence-corrected chi connectivity index (χ0v) is 20.9. The average molecular weight is 518 g/mol. The monoisotopic (exact) mass is 517 g/mol. The molecule has 3 aromatic carbocycles. The van der Waals surface area contributed by atoms with Crippen LogP contribution in [0.25, 0.3) is 5.69 Å². The number of carbonyl (C=O) groups is 2. The summed E-state index contributed by atoms with van der Waals surface area (Å²) in [5.74, 6) is -0.571. The van der Waals surface area contributed by atoms with Crippen molar-refractivity contribution >= 4 is 29.2 Å². The van der Waals surface area contributed by atoms with Gasteiger partial charge in [0.1, 0.15) is 5.82 Å². The number of amides is 3. The molecule has 9 heteroatoms. The molecule has 0 bridgehead atoms. The van der Waals surface area contributed by atoms with E-state index in [9.17, 15) is 14.0 Å². The number of halogens is 2. The van der Waals surface area contributed by atoms with Crippen LogP contribution >= 0.6 is 11.6 Å². The molecule has 0 saturated heterocycles. The van der Waals surface area contributed by atoms with Gasteiger partial charge in [0.15, 0.2) is 0 Å². The molecule has 37 heavy (non-hydrogen) atoms. The summed E-state index contributed by atoms with van der Waals surface area (Å²) in [6.45, 7) is 2.80. The van der Waals surface area contributed by atoms with Gasteiger partial charge >= 0.3 is 6.03 Å². The normalized spacial score (nSPS) is 15.2. The fraction of sp³-hybridized carbons (Fsp3) is 0.179. The van der Waals surface area contributed by atoms with Gasteiger partial charge in [0, 0.05) is 43.8 Å². The molecule has 0 fully saturated rings. The first kappa shape index (κ1) is 24.5. The molecule has 4 aromatic rings. The fourth-order valence-electron chi connectivity index (χ4n) is 4.44. The Bertz CT molecular complexity index is 1430. The lowest BCUT2D eigenvalue weighted by atomic mass is 10.1.